The average Bonchev–Trinajstić information content (AvgIpc) is 2.32. The Hall–Kier alpha value is -1.17. The molecule has 0 saturated heterocycles. The smallest absolute Gasteiger partial charge is 0.243 e. The zero-order valence-electron chi connectivity index (χ0n) is 9.44. The number of aryl methyl sites for hydroxylation is 1. The van der Waals surface area contributed by atoms with Gasteiger partial charge in [0.2, 0.25) is 5.95 Å². The van der Waals surface area contributed by atoms with Gasteiger partial charge < -0.3 is 10.2 Å². The molecule has 0 aromatic carbocycles. The van der Waals surface area contributed by atoms with Crippen LogP contribution >= 0.6 is 0 Å². The molecule has 0 aliphatic rings. The lowest BCUT2D eigenvalue weighted by molar-refractivity contribution is 0.332. The fourth-order valence-corrected chi connectivity index (χ4v) is 1.47. The van der Waals surface area contributed by atoms with Crippen LogP contribution in [0.4, 0.5) is 5.95 Å². The lowest BCUT2D eigenvalue weighted by Crippen LogP contribution is -2.42. The van der Waals surface area contributed by atoms with Crippen LogP contribution in [0.2, 0.25) is 0 Å². The Morgan fingerprint density at radius 2 is 2.07 bits per heavy atom. The number of likely N-dealkylation sites (N-methyl/N-ethyl adjacent to an activating group) is 1. The molecule has 0 unspecified atom stereocenters. The van der Waals surface area contributed by atoms with E-state index in [1.165, 1.54) is 0 Å². The molecule has 1 rings (SSSR count). The first-order valence-corrected chi connectivity index (χ1v) is 4.56. The van der Waals surface area contributed by atoms with Crippen molar-refractivity contribution in [3.63, 3.8) is 0 Å². The van der Waals surface area contributed by atoms with Gasteiger partial charge in [-0.15, -0.1) is 0 Å². The van der Waals surface area contributed by atoms with Crippen LogP contribution in [-0.4, -0.2) is 51.3 Å². The Balaban J connectivity index is 2.63. The molecule has 0 aliphatic heterocycles. The third-order valence-corrected chi connectivity index (χ3v) is 1.78. The molecule has 0 atom stereocenters. The maximum Gasteiger partial charge on any atom is 0.243 e. The fourth-order valence-electron chi connectivity index (χ4n) is 1.47. The summed E-state index contributed by atoms with van der Waals surface area (Å²) in [6.45, 7) is 5.14. The molecule has 80 valence electrons. The van der Waals surface area contributed by atoms with Crippen LogP contribution in [-0.2, 0) is 7.05 Å². The highest BCUT2D eigenvalue weighted by molar-refractivity contribution is 5.26. The number of nitrogens with zero attached hydrogens (tertiary/aromatic N) is 5. The summed E-state index contributed by atoms with van der Waals surface area (Å²) in [6, 6.07) is 0. The minimum atomic E-state index is -0.0496. The van der Waals surface area contributed by atoms with Crippen LogP contribution in [0.15, 0.2) is 0 Å². The van der Waals surface area contributed by atoms with E-state index in [0.29, 0.717) is 5.95 Å². The molecular weight excluding hydrogens is 180 g/mol. The van der Waals surface area contributed by atoms with Gasteiger partial charge in [-0.25, -0.2) is 4.68 Å². The first kappa shape index (κ1) is 10.9. The van der Waals surface area contributed by atoms with Gasteiger partial charge in [-0.1, -0.05) is 5.10 Å². The van der Waals surface area contributed by atoms with Crippen molar-refractivity contribution >= 4 is 5.95 Å². The molecule has 0 spiro atoms. The number of anilines is 1. The van der Waals surface area contributed by atoms with Crippen molar-refractivity contribution in [1.82, 2.24) is 25.1 Å². The summed E-state index contributed by atoms with van der Waals surface area (Å²) >= 11 is 0. The molecule has 0 fully saturated rings. The first-order chi connectivity index (χ1) is 6.41. The maximum atomic E-state index is 3.88. The maximum absolute atomic E-state index is 3.88. The van der Waals surface area contributed by atoms with Gasteiger partial charge in [0.15, 0.2) is 0 Å². The first-order valence-electron chi connectivity index (χ1n) is 4.56. The van der Waals surface area contributed by atoms with E-state index >= 15 is 0 Å². The van der Waals surface area contributed by atoms with Gasteiger partial charge in [0.25, 0.3) is 0 Å². The van der Waals surface area contributed by atoms with Crippen molar-refractivity contribution in [2.75, 3.05) is 26.0 Å². The quantitative estimate of drug-likeness (QED) is 0.735. The molecule has 6 nitrogen and oxygen atoms in total. The van der Waals surface area contributed by atoms with Crippen molar-refractivity contribution in [3.8, 4) is 0 Å². The highest BCUT2D eigenvalue weighted by Crippen LogP contribution is 2.11. The fraction of sp³-hybridized carbons (Fsp3) is 0.875. The van der Waals surface area contributed by atoms with Gasteiger partial charge in [-0.2, -0.15) is 0 Å². The number of rotatable bonds is 4. The van der Waals surface area contributed by atoms with Crippen molar-refractivity contribution in [3.05, 3.63) is 0 Å². The minimum absolute atomic E-state index is 0.0496. The second kappa shape index (κ2) is 3.91. The Morgan fingerprint density at radius 3 is 2.50 bits per heavy atom. The standard InChI is InChI=1S/C8H18N6/c1-8(2,6-13(3)4)9-7-10-11-12-14(7)5/h6H2,1-5H3,(H,9,10,12). The number of tetrazole rings is 1. The van der Waals surface area contributed by atoms with E-state index in [2.05, 4.69) is 39.6 Å². The predicted octanol–water partition coefficient (Wildman–Crippen LogP) is -0.0378. The molecule has 14 heavy (non-hydrogen) atoms. The Morgan fingerprint density at radius 1 is 1.43 bits per heavy atom. The third-order valence-electron chi connectivity index (χ3n) is 1.78. The molecule has 6 heteroatoms. The van der Waals surface area contributed by atoms with E-state index in [9.17, 15) is 0 Å². The zero-order chi connectivity index (χ0) is 10.8. The van der Waals surface area contributed by atoms with E-state index in [1.54, 1.807) is 4.68 Å². The molecule has 0 aliphatic carbocycles. The number of hydrogen-bond acceptors (Lipinski definition) is 5. The summed E-state index contributed by atoms with van der Waals surface area (Å²) in [6.07, 6.45) is 0. The second-order valence-electron chi connectivity index (χ2n) is 4.37. The van der Waals surface area contributed by atoms with Crippen LogP contribution in [0, 0.1) is 0 Å². The second-order valence-corrected chi connectivity index (χ2v) is 4.37. The molecule has 0 bridgehead atoms. The number of aromatic nitrogens is 4. The van der Waals surface area contributed by atoms with Gasteiger partial charge >= 0.3 is 0 Å². The monoisotopic (exact) mass is 198 g/mol. The SMILES string of the molecule is CN(C)CC(C)(C)Nc1nnnn1C. The average molecular weight is 198 g/mol. The Labute approximate surface area is 84.3 Å². The lowest BCUT2D eigenvalue weighted by atomic mass is 10.1. The molecular formula is C8H18N6. The Bertz CT molecular complexity index is 290. The van der Waals surface area contributed by atoms with Crippen molar-refractivity contribution in [2.24, 2.45) is 7.05 Å². The molecule has 1 aromatic rings. The van der Waals surface area contributed by atoms with Gasteiger partial charge in [0.1, 0.15) is 0 Å². The van der Waals surface area contributed by atoms with Gasteiger partial charge in [-0.3, -0.25) is 0 Å². The molecule has 0 radical (unpaired) electrons. The molecule has 0 saturated carbocycles. The Kier molecular flexibility index (Phi) is 3.05. The zero-order valence-corrected chi connectivity index (χ0v) is 9.44. The van der Waals surface area contributed by atoms with E-state index in [1.807, 2.05) is 21.1 Å². The molecule has 1 N–H and O–H groups in total. The van der Waals surface area contributed by atoms with Crippen molar-refractivity contribution in [2.45, 2.75) is 19.4 Å². The summed E-state index contributed by atoms with van der Waals surface area (Å²) in [5.74, 6) is 0.692. The molecule has 0 amide bonds. The van der Waals surface area contributed by atoms with Crippen LogP contribution in [0.3, 0.4) is 0 Å². The minimum Gasteiger partial charge on any atom is -0.347 e. The third kappa shape index (κ3) is 2.95. The highest BCUT2D eigenvalue weighted by Gasteiger charge is 2.20. The number of nitrogens with one attached hydrogen (secondary N) is 1. The van der Waals surface area contributed by atoms with E-state index < -0.39 is 0 Å². The summed E-state index contributed by atoms with van der Waals surface area (Å²) in [7, 11) is 5.89. The summed E-state index contributed by atoms with van der Waals surface area (Å²) in [5, 5.41) is 14.5. The van der Waals surface area contributed by atoms with Crippen LogP contribution in [0.25, 0.3) is 0 Å². The van der Waals surface area contributed by atoms with Crippen LogP contribution in [0.1, 0.15) is 13.8 Å². The molecule has 1 heterocycles. The normalized spacial score (nSPS) is 12.1. The summed E-state index contributed by atoms with van der Waals surface area (Å²) < 4.78 is 1.62. The van der Waals surface area contributed by atoms with Gasteiger partial charge in [0.05, 0.1) is 0 Å². The van der Waals surface area contributed by atoms with Gasteiger partial charge in [0, 0.05) is 19.1 Å². The highest BCUT2D eigenvalue weighted by atomic mass is 15.6. The predicted molar refractivity (Wildman–Crippen MR) is 55.1 cm³/mol. The van der Waals surface area contributed by atoms with E-state index in [4.69, 9.17) is 0 Å². The van der Waals surface area contributed by atoms with Crippen molar-refractivity contribution < 1.29 is 0 Å². The largest absolute Gasteiger partial charge is 0.347 e. The summed E-state index contributed by atoms with van der Waals surface area (Å²) in [4.78, 5) is 2.12. The lowest BCUT2D eigenvalue weighted by Gasteiger charge is -2.29. The summed E-state index contributed by atoms with van der Waals surface area (Å²) in [5.41, 5.74) is -0.0496. The number of hydrogen-bond donors (Lipinski definition) is 1. The van der Waals surface area contributed by atoms with E-state index in [0.717, 1.165) is 6.54 Å². The van der Waals surface area contributed by atoms with E-state index in [-0.39, 0.29) is 5.54 Å². The van der Waals surface area contributed by atoms with Crippen LogP contribution < -0.4 is 5.32 Å². The topological polar surface area (TPSA) is 58.9 Å². The van der Waals surface area contributed by atoms with Crippen LogP contribution in [0.5, 0.6) is 0 Å². The van der Waals surface area contributed by atoms with Gasteiger partial charge in [-0.05, 0) is 38.4 Å². The van der Waals surface area contributed by atoms with Crippen molar-refractivity contribution in [1.29, 1.82) is 0 Å². The molecule has 1 aromatic heterocycles.